The summed E-state index contributed by atoms with van der Waals surface area (Å²) in [5.74, 6) is 0.526. The van der Waals surface area contributed by atoms with Crippen molar-refractivity contribution in [3.8, 4) is 0 Å². The van der Waals surface area contributed by atoms with Gasteiger partial charge in [0.2, 0.25) is 0 Å². The molecule has 1 rings (SSSR count). The summed E-state index contributed by atoms with van der Waals surface area (Å²) in [5, 5.41) is 0. The molecule has 0 bridgehead atoms. The van der Waals surface area contributed by atoms with Crippen molar-refractivity contribution >= 4 is 9.84 Å². The summed E-state index contributed by atoms with van der Waals surface area (Å²) in [6.45, 7) is 1.69. The van der Waals surface area contributed by atoms with E-state index in [1.807, 2.05) is 0 Å². The van der Waals surface area contributed by atoms with Crippen LogP contribution in [-0.4, -0.2) is 26.0 Å². The van der Waals surface area contributed by atoms with Gasteiger partial charge in [-0.05, 0) is 32.1 Å². The van der Waals surface area contributed by atoms with E-state index in [1.165, 1.54) is 5.57 Å². The largest absolute Gasteiger partial charge is 0.327 e. The standard InChI is InChI=1S/C11H21NO2S/c1-2-15(13,14)8-4-6-10-5-3-7-11(12)9-10/h6,11H,2-5,7-9,12H2,1H3. The summed E-state index contributed by atoms with van der Waals surface area (Å²) in [6.07, 6.45) is 7.02. The summed E-state index contributed by atoms with van der Waals surface area (Å²) in [7, 11) is -2.81. The van der Waals surface area contributed by atoms with Crippen molar-refractivity contribution in [2.75, 3.05) is 11.5 Å². The maximum atomic E-state index is 11.3. The second-order valence-electron chi connectivity index (χ2n) is 4.24. The van der Waals surface area contributed by atoms with E-state index in [0.717, 1.165) is 25.7 Å². The van der Waals surface area contributed by atoms with Crippen molar-refractivity contribution in [2.45, 2.75) is 45.1 Å². The summed E-state index contributed by atoms with van der Waals surface area (Å²) in [6, 6.07) is 0.285. The first-order valence-electron chi connectivity index (χ1n) is 5.67. The second kappa shape index (κ2) is 5.66. The van der Waals surface area contributed by atoms with Crippen LogP contribution in [0.3, 0.4) is 0 Å². The van der Waals surface area contributed by atoms with E-state index >= 15 is 0 Å². The minimum Gasteiger partial charge on any atom is -0.327 e. The Labute approximate surface area is 92.7 Å². The molecule has 0 heterocycles. The van der Waals surface area contributed by atoms with Crippen LogP contribution in [0.2, 0.25) is 0 Å². The van der Waals surface area contributed by atoms with Gasteiger partial charge in [0.25, 0.3) is 0 Å². The van der Waals surface area contributed by atoms with Crippen LogP contribution in [0.4, 0.5) is 0 Å². The van der Waals surface area contributed by atoms with Gasteiger partial charge in [-0.2, -0.15) is 0 Å². The SMILES string of the molecule is CCS(=O)(=O)CCC=C1CCCC(N)C1. The molecule has 1 unspecified atom stereocenters. The third kappa shape index (κ3) is 4.80. The average Bonchev–Trinajstić information content (AvgIpc) is 2.18. The van der Waals surface area contributed by atoms with Crippen molar-refractivity contribution in [3.63, 3.8) is 0 Å². The zero-order valence-electron chi connectivity index (χ0n) is 9.41. The maximum Gasteiger partial charge on any atom is 0.150 e. The molecule has 3 nitrogen and oxygen atoms in total. The van der Waals surface area contributed by atoms with E-state index in [2.05, 4.69) is 6.08 Å². The highest BCUT2D eigenvalue weighted by atomic mass is 32.2. The van der Waals surface area contributed by atoms with Gasteiger partial charge >= 0.3 is 0 Å². The Kier molecular flexibility index (Phi) is 4.80. The number of hydrogen-bond acceptors (Lipinski definition) is 3. The molecule has 0 aromatic heterocycles. The molecule has 0 amide bonds. The highest BCUT2D eigenvalue weighted by Crippen LogP contribution is 2.22. The lowest BCUT2D eigenvalue weighted by Gasteiger charge is -2.20. The van der Waals surface area contributed by atoms with Gasteiger partial charge in [-0.3, -0.25) is 0 Å². The lowest BCUT2D eigenvalue weighted by Crippen LogP contribution is -2.23. The Balaban J connectivity index is 2.38. The van der Waals surface area contributed by atoms with Gasteiger partial charge in [0.1, 0.15) is 9.84 Å². The molecule has 0 aromatic rings. The van der Waals surface area contributed by atoms with Gasteiger partial charge in [-0.1, -0.05) is 18.6 Å². The average molecular weight is 231 g/mol. The third-order valence-corrected chi connectivity index (χ3v) is 4.64. The van der Waals surface area contributed by atoms with Crippen LogP contribution in [0.1, 0.15) is 39.0 Å². The van der Waals surface area contributed by atoms with E-state index < -0.39 is 9.84 Å². The molecule has 15 heavy (non-hydrogen) atoms. The van der Waals surface area contributed by atoms with Gasteiger partial charge in [0.15, 0.2) is 0 Å². The topological polar surface area (TPSA) is 60.2 Å². The molecule has 0 saturated heterocycles. The Morgan fingerprint density at radius 1 is 1.53 bits per heavy atom. The van der Waals surface area contributed by atoms with E-state index in [4.69, 9.17) is 5.73 Å². The van der Waals surface area contributed by atoms with Gasteiger partial charge in [0, 0.05) is 11.8 Å². The number of allylic oxidation sites excluding steroid dienone is 1. The number of nitrogens with two attached hydrogens (primary N) is 1. The molecule has 0 aromatic carbocycles. The fourth-order valence-corrected chi connectivity index (χ4v) is 2.67. The lowest BCUT2D eigenvalue weighted by atomic mass is 9.91. The van der Waals surface area contributed by atoms with Gasteiger partial charge in [-0.25, -0.2) is 8.42 Å². The van der Waals surface area contributed by atoms with Crippen LogP contribution in [0.15, 0.2) is 11.6 Å². The maximum absolute atomic E-state index is 11.3. The molecule has 88 valence electrons. The summed E-state index contributed by atoms with van der Waals surface area (Å²) >= 11 is 0. The Morgan fingerprint density at radius 3 is 2.87 bits per heavy atom. The predicted molar refractivity (Wildman–Crippen MR) is 63.5 cm³/mol. The fourth-order valence-electron chi connectivity index (χ4n) is 1.90. The molecular formula is C11H21NO2S. The number of hydrogen-bond donors (Lipinski definition) is 1. The fraction of sp³-hybridized carbons (Fsp3) is 0.818. The van der Waals surface area contributed by atoms with E-state index in [0.29, 0.717) is 6.42 Å². The summed E-state index contributed by atoms with van der Waals surface area (Å²) in [5.41, 5.74) is 7.20. The quantitative estimate of drug-likeness (QED) is 0.748. The van der Waals surface area contributed by atoms with Gasteiger partial charge in [-0.15, -0.1) is 0 Å². The minimum absolute atomic E-state index is 0.246. The monoisotopic (exact) mass is 231 g/mol. The second-order valence-corrected chi connectivity index (χ2v) is 6.72. The van der Waals surface area contributed by atoms with E-state index in [9.17, 15) is 8.42 Å². The summed E-state index contributed by atoms with van der Waals surface area (Å²) in [4.78, 5) is 0. The van der Waals surface area contributed by atoms with Gasteiger partial charge in [0.05, 0.1) is 5.75 Å². The van der Waals surface area contributed by atoms with Crippen molar-refractivity contribution in [2.24, 2.45) is 5.73 Å². The highest BCUT2D eigenvalue weighted by Gasteiger charge is 2.13. The zero-order chi connectivity index (χ0) is 11.3. The van der Waals surface area contributed by atoms with Crippen LogP contribution in [0, 0.1) is 0 Å². The first-order valence-corrected chi connectivity index (χ1v) is 7.49. The third-order valence-electron chi connectivity index (χ3n) is 2.90. The van der Waals surface area contributed by atoms with Crippen molar-refractivity contribution in [3.05, 3.63) is 11.6 Å². The van der Waals surface area contributed by atoms with Crippen molar-refractivity contribution in [1.29, 1.82) is 0 Å². The van der Waals surface area contributed by atoms with E-state index in [1.54, 1.807) is 6.92 Å². The molecule has 1 aliphatic carbocycles. The van der Waals surface area contributed by atoms with Gasteiger partial charge < -0.3 is 5.73 Å². The Hall–Kier alpha value is -0.350. The Morgan fingerprint density at radius 2 is 2.27 bits per heavy atom. The predicted octanol–water partition coefficient (Wildman–Crippen LogP) is 1.64. The molecule has 1 aliphatic rings. The molecule has 1 fully saturated rings. The van der Waals surface area contributed by atoms with Crippen molar-refractivity contribution < 1.29 is 8.42 Å². The molecule has 0 radical (unpaired) electrons. The molecule has 0 spiro atoms. The van der Waals surface area contributed by atoms with Crippen LogP contribution >= 0.6 is 0 Å². The first-order chi connectivity index (χ1) is 7.03. The molecule has 2 N–H and O–H groups in total. The molecular weight excluding hydrogens is 210 g/mol. The zero-order valence-corrected chi connectivity index (χ0v) is 10.2. The lowest BCUT2D eigenvalue weighted by molar-refractivity contribution is 0.516. The smallest absolute Gasteiger partial charge is 0.150 e. The summed E-state index contributed by atoms with van der Waals surface area (Å²) < 4.78 is 22.5. The van der Waals surface area contributed by atoms with Crippen molar-refractivity contribution in [1.82, 2.24) is 0 Å². The van der Waals surface area contributed by atoms with Crippen LogP contribution in [0.25, 0.3) is 0 Å². The van der Waals surface area contributed by atoms with Crippen LogP contribution in [-0.2, 0) is 9.84 Å². The molecule has 4 heteroatoms. The normalized spacial score (nSPS) is 25.7. The molecule has 1 atom stereocenters. The van der Waals surface area contributed by atoms with E-state index in [-0.39, 0.29) is 17.5 Å². The number of sulfone groups is 1. The highest BCUT2D eigenvalue weighted by molar-refractivity contribution is 7.91. The minimum atomic E-state index is -2.81. The van der Waals surface area contributed by atoms with Crippen LogP contribution < -0.4 is 5.73 Å². The molecule has 1 saturated carbocycles. The molecule has 0 aliphatic heterocycles. The Bertz CT molecular complexity index is 319. The number of rotatable bonds is 4. The first kappa shape index (κ1) is 12.7. The van der Waals surface area contributed by atoms with Crippen LogP contribution in [0.5, 0.6) is 0 Å².